The third-order valence-corrected chi connectivity index (χ3v) is 3.55. The molecule has 2 rings (SSSR count). The second-order valence-corrected chi connectivity index (χ2v) is 4.89. The highest BCUT2D eigenvalue weighted by molar-refractivity contribution is 5.92. The molecule has 0 fully saturated rings. The summed E-state index contributed by atoms with van der Waals surface area (Å²) in [6, 6.07) is 9.12. The van der Waals surface area contributed by atoms with Gasteiger partial charge < -0.3 is 19.9 Å². The lowest BCUT2D eigenvalue weighted by atomic mass is 9.83. The number of carbonyl (C=O) groups excluding carboxylic acids is 1. The number of hydrogen-bond donors (Lipinski definition) is 1. The average molecular weight is 314 g/mol. The summed E-state index contributed by atoms with van der Waals surface area (Å²) in [6.45, 7) is 3.57. The topological polar surface area (TPSA) is 94.6 Å². The summed E-state index contributed by atoms with van der Waals surface area (Å²) < 4.78 is 15.6. The molecular formula is C17H18N2O4. The van der Waals surface area contributed by atoms with Crippen molar-refractivity contribution in [2.45, 2.75) is 19.8 Å². The van der Waals surface area contributed by atoms with Gasteiger partial charge in [-0.3, -0.25) is 0 Å². The summed E-state index contributed by atoms with van der Waals surface area (Å²) in [4.78, 5) is 12.3. The molecule has 2 N–H and O–H groups in total. The second-order valence-electron chi connectivity index (χ2n) is 4.89. The number of rotatable bonds is 4. The van der Waals surface area contributed by atoms with Gasteiger partial charge in [-0.1, -0.05) is 12.1 Å². The Hall–Kier alpha value is -2.94. The monoisotopic (exact) mass is 314 g/mol. The zero-order chi connectivity index (χ0) is 17.0. The minimum Gasteiger partial charge on any atom is -0.497 e. The van der Waals surface area contributed by atoms with Crippen LogP contribution in [0.4, 0.5) is 0 Å². The minimum atomic E-state index is -0.626. The van der Waals surface area contributed by atoms with E-state index in [2.05, 4.69) is 0 Å². The largest absolute Gasteiger partial charge is 0.497 e. The summed E-state index contributed by atoms with van der Waals surface area (Å²) in [5, 5.41) is 9.44. The molecule has 23 heavy (non-hydrogen) atoms. The van der Waals surface area contributed by atoms with Gasteiger partial charge in [0.05, 0.1) is 25.2 Å². The number of ether oxygens (including phenoxy) is 3. The van der Waals surface area contributed by atoms with Crippen molar-refractivity contribution in [1.29, 1.82) is 5.26 Å². The lowest BCUT2D eigenvalue weighted by Crippen LogP contribution is -2.25. The molecule has 0 amide bonds. The maximum absolute atomic E-state index is 12.3. The van der Waals surface area contributed by atoms with E-state index in [-0.39, 0.29) is 23.6 Å². The van der Waals surface area contributed by atoms with E-state index in [1.165, 1.54) is 0 Å². The van der Waals surface area contributed by atoms with Crippen molar-refractivity contribution in [3.8, 4) is 11.8 Å². The third kappa shape index (κ3) is 3.14. The Labute approximate surface area is 134 Å². The zero-order valence-electron chi connectivity index (χ0n) is 13.3. The third-order valence-electron chi connectivity index (χ3n) is 3.55. The van der Waals surface area contributed by atoms with Crippen molar-refractivity contribution in [1.82, 2.24) is 0 Å². The Morgan fingerprint density at radius 2 is 2.04 bits per heavy atom. The molecule has 0 bridgehead atoms. The van der Waals surface area contributed by atoms with Gasteiger partial charge in [-0.15, -0.1) is 0 Å². The van der Waals surface area contributed by atoms with Crippen molar-refractivity contribution < 1.29 is 19.0 Å². The van der Waals surface area contributed by atoms with Crippen LogP contribution in [0.2, 0.25) is 0 Å². The molecule has 6 heteroatoms. The first-order valence-electron chi connectivity index (χ1n) is 7.12. The number of nitrogens with two attached hydrogens (primary N) is 1. The molecule has 120 valence electrons. The highest BCUT2D eigenvalue weighted by Gasteiger charge is 2.36. The Bertz CT molecular complexity index is 711. The molecule has 1 aliphatic rings. The number of nitriles is 1. The van der Waals surface area contributed by atoms with Crippen LogP contribution < -0.4 is 10.5 Å². The molecule has 0 saturated carbocycles. The Kier molecular flexibility index (Phi) is 4.91. The van der Waals surface area contributed by atoms with Gasteiger partial charge in [-0.05, 0) is 31.5 Å². The number of allylic oxidation sites excluding steroid dienone is 2. The predicted molar refractivity (Wildman–Crippen MR) is 83.0 cm³/mol. The van der Waals surface area contributed by atoms with E-state index < -0.39 is 11.9 Å². The maximum Gasteiger partial charge on any atom is 0.338 e. The van der Waals surface area contributed by atoms with E-state index in [0.717, 1.165) is 5.56 Å². The van der Waals surface area contributed by atoms with E-state index >= 15 is 0 Å². The fraction of sp³-hybridized carbons (Fsp3) is 0.294. The lowest BCUT2D eigenvalue weighted by molar-refractivity contribution is -0.139. The molecule has 1 aromatic carbocycles. The number of benzene rings is 1. The Morgan fingerprint density at radius 1 is 1.39 bits per heavy atom. The van der Waals surface area contributed by atoms with Crippen molar-refractivity contribution in [2.24, 2.45) is 5.73 Å². The van der Waals surface area contributed by atoms with Gasteiger partial charge >= 0.3 is 5.97 Å². The molecule has 0 aliphatic carbocycles. The zero-order valence-corrected chi connectivity index (χ0v) is 13.3. The molecule has 0 spiro atoms. The van der Waals surface area contributed by atoms with E-state index in [1.807, 2.05) is 6.07 Å². The van der Waals surface area contributed by atoms with E-state index in [9.17, 15) is 10.1 Å². The first-order chi connectivity index (χ1) is 11.0. The molecule has 1 aromatic rings. The average Bonchev–Trinajstić information content (AvgIpc) is 2.54. The smallest absolute Gasteiger partial charge is 0.338 e. The van der Waals surface area contributed by atoms with Crippen LogP contribution in [0.15, 0.2) is 47.1 Å². The van der Waals surface area contributed by atoms with E-state index in [0.29, 0.717) is 11.5 Å². The van der Waals surface area contributed by atoms with E-state index in [4.69, 9.17) is 19.9 Å². The van der Waals surface area contributed by atoms with Gasteiger partial charge in [0, 0.05) is 0 Å². The molecule has 1 heterocycles. The van der Waals surface area contributed by atoms with Crippen LogP contribution in [0.3, 0.4) is 0 Å². The highest BCUT2D eigenvalue weighted by atomic mass is 16.5. The molecule has 0 aromatic heterocycles. The number of hydrogen-bond acceptors (Lipinski definition) is 6. The molecule has 0 radical (unpaired) electrons. The maximum atomic E-state index is 12.3. The fourth-order valence-corrected chi connectivity index (χ4v) is 2.48. The summed E-state index contributed by atoms with van der Waals surface area (Å²) in [5.41, 5.74) is 7.02. The summed E-state index contributed by atoms with van der Waals surface area (Å²) in [6.07, 6.45) is 0. The SMILES string of the molecule is CCOC(=O)C1=C(C)OC(N)=C(C#N)C1c1ccc(OC)cc1. The normalized spacial score (nSPS) is 17.4. The van der Waals surface area contributed by atoms with Crippen molar-refractivity contribution in [2.75, 3.05) is 13.7 Å². The second kappa shape index (κ2) is 6.88. The minimum absolute atomic E-state index is 0.00105. The standard InChI is InChI=1S/C17H18N2O4/c1-4-22-17(20)14-10(2)23-16(19)13(9-18)15(14)11-5-7-12(21-3)8-6-11/h5-8,15H,4,19H2,1-3H3. The molecular weight excluding hydrogens is 296 g/mol. The van der Waals surface area contributed by atoms with Crippen LogP contribution in [0, 0.1) is 11.3 Å². The molecule has 1 aliphatic heterocycles. The fourth-order valence-electron chi connectivity index (χ4n) is 2.48. The van der Waals surface area contributed by atoms with Gasteiger partial charge in [0.25, 0.3) is 0 Å². The number of nitrogens with zero attached hydrogens (tertiary/aromatic N) is 1. The van der Waals surface area contributed by atoms with E-state index in [1.54, 1.807) is 45.2 Å². The lowest BCUT2D eigenvalue weighted by Gasteiger charge is -2.26. The van der Waals surface area contributed by atoms with Gasteiger partial charge in [-0.2, -0.15) is 5.26 Å². The molecule has 6 nitrogen and oxygen atoms in total. The molecule has 1 unspecified atom stereocenters. The van der Waals surface area contributed by atoms with Crippen LogP contribution in [-0.4, -0.2) is 19.7 Å². The van der Waals surface area contributed by atoms with Crippen LogP contribution in [0.5, 0.6) is 5.75 Å². The number of carbonyl (C=O) groups is 1. The van der Waals surface area contributed by atoms with Crippen LogP contribution in [0.1, 0.15) is 25.3 Å². The predicted octanol–water partition coefficient (Wildman–Crippen LogP) is 2.34. The first-order valence-corrected chi connectivity index (χ1v) is 7.12. The quantitative estimate of drug-likeness (QED) is 0.857. The summed E-state index contributed by atoms with van der Waals surface area (Å²) in [7, 11) is 1.57. The van der Waals surface area contributed by atoms with Gasteiger partial charge in [0.15, 0.2) is 0 Å². The van der Waals surface area contributed by atoms with Crippen LogP contribution >= 0.6 is 0 Å². The van der Waals surface area contributed by atoms with Gasteiger partial charge in [-0.25, -0.2) is 4.79 Å². The van der Waals surface area contributed by atoms with Crippen LogP contribution in [-0.2, 0) is 14.3 Å². The van der Waals surface area contributed by atoms with Gasteiger partial charge in [0.1, 0.15) is 23.2 Å². The highest BCUT2D eigenvalue weighted by Crippen LogP contribution is 2.39. The number of methoxy groups -OCH3 is 1. The van der Waals surface area contributed by atoms with Crippen LogP contribution in [0.25, 0.3) is 0 Å². The molecule has 0 saturated heterocycles. The summed E-state index contributed by atoms with van der Waals surface area (Å²) >= 11 is 0. The first kappa shape index (κ1) is 16.4. The summed E-state index contributed by atoms with van der Waals surface area (Å²) in [5.74, 6) is -0.140. The Balaban J connectivity index is 2.56. The van der Waals surface area contributed by atoms with Crippen molar-refractivity contribution >= 4 is 5.97 Å². The Morgan fingerprint density at radius 3 is 2.57 bits per heavy atom. The molecule has 1 atom stereocenters. The number of esters is 1. The van der Waals surface area contributed by atoms with Gasteiger partial charge in [0.2, 0.25) is 5.88 Å². The van der Waals surface area contributed by atoms with Crippen molar-refractivity contribution in [3.63, 3.8) is 0 Å². The van der Waals surface area contributed by atoms with Crippen molar-refractivity contribution in [3.05, 3.63) is 52.6 Å².